The van der Waals surface area contributed by atoms with E-state index in [9.17, 15) is 13.0 Å². The Bertz CT molecular complexity index is 429. The average molecular weight is 473 g/mol. The fraction of sp³-hybridized carbons (Fsp3) is 1.00. The van der Waals surface area contributed by atoms with Crippen LogP contribution in [0.15, 0.2) is 0 Å². The first-order valence-electron chi connectivity index (χ1n) is 12.6. The zero-order chi connectivity index (χ0) is 21.6. The zero-order valence-corrected chi connectivity index (χ0v) is 24.2. The predicted molar refractivity (Wildman–Crippen MR) is 123 cm³/mol. The van der Waals surface area contributed by atoms with Crippen LogP contribution >= 0.6 is 0 Å². The first-order valence-corrected chi connectivity index (χ1v) is 14.0. The summed E-state index contributed by atoms with van der Waals surface area (Å²) in [4.78, 5) is 0. The minimum atomic E-state index is -4.15. The van der Waals surface area contributed by atoms with Crippen molar-refractivity contribution in [2.75, 3.05) is 6.61 Å². The SMILES string of the molecule is CCCCCCCCCCC(CCCCCCCCCCCCCO)S(=O)(=O)[O-].[K+]. The first kappa shape index (κ1) is 33.7. The Morgan fingerprint density at radius 3 is 1.20 bits per heavy atom. The number of aliphatic hydroxyl groups excluding tert-OH is 1. The smallest absolute Gasteiger partial charge is 0.748 e. The Labute approximate surface area is 230 Å². The monoisotopic (exact) mass is 472 g/mol. The molecular weight excluding hydrogens is 423 g/mol. The first-order chi connectivity index (χ1) is 14.0. The largest absolute Gasteiger partial charge is 1.00 e. The van der Waals surface area contributed by atoms with E-state index in [1.807, 2.05) is 0 Å². The Morgan fingerprint density at radius 1 is 0.600 bits per heavy atom. The summed E-state index contributed by atoms with van der Waals surface area (Å²) in [7, 11) is -4.15. The van der Waals surface area contributed by atoms with Gasteiger partial charge in [0.05, 0.1) is 10.1 Å². The van der Waals surface area contributed by atoms with Gasteiger partial charge in [-0.25, -0.2) is 8.42 Å². The molecule has 0 spiro atoms. The maximum atomic E-state index is 11.5. The number of hydrogen-bond acceptors (Lipinski definition) is 4. The molecule has 0 radical (unpaired) electrons. The van der Waals surface area contributed by atoms with Gasteiger partial charge in [0.15, 0.2) is 0 Å². The molecule has 0 aliphatic carbocycles. The van der Waals surface area contributed by atoms with E-state index in [-0.39, 0.29) is 51.4 Å². The summed E-state index contributed by atoms with van der Waals surface area (Å²) in [5, 5.41) is 8.07. The van der Waals surface area contributed by atoms with Gasteiger partial charge in [0.1, 0.15) is 0 Å². The van der Waals surface area contributed by atoms with Crippen LogP contribution in [0.25, 0.3) is 0 Å². The van der Waals surface area contributed by atoms with Crippen molar-refractivity contribution in [2.24, 2.45) is 0 Å². The maximum Gasteiger partial charge on any atom is 1.00 e. The molecule has 6 heteroatoms. The molecule has 0 aliphatic heterocycles. The van der Waals surface area contributed by atoms with Gasteiger partial charge in [-0.05, 0) is 19.3 Å². The van der Waals surface area contributed by atoms with Gasteiger partial charge in [0.25, 0.3) is 0 Å². The van der Waals surface area contributed by atoms with Gasteiger partial charge in [-0.2, -0.15) is 0 Å². The van der Waals surface area contributed by atoms with Crippen LogP contribution in [0.1, 0.15) is 142 Å². The van der Waals surface area contributed by atoms with E-state index in [0.717, 1.165) is 51.4 Å². The minimum absolute atomic E-state index is 0. The quantitative estimate of drug-likeness (QED) is 0.138. The second-order valence-corrected chi connectivity index (χ2v) is 10.4. The van der Waals surface area contributed by atoms with Crippen LogP contribution in [-0.4, -0.2) is 29.9 Å². The van der Waals surface area contributed by atoms with Gasteiger partial charge in [-0.1, -0.05) is 122 Å². The Balaban J connectivity index is 0. The van der Waals surface area contributed by atoms with Gasteiger partial charge in [0, 0.05) is 11.9 Å². The van der Waals surface area contributed by atoms with E-state index in [2.05, 4.69) is 6.92 Å². The van der Waals surface area contributed by atoms with Gasteiger partial charge in [0.2, 0.25) is 0 Å². The van der Waals surface area contributed by atoms with Crippen molar-refractivity contribution >= 4 is 10.1 Å². The molecule has 0 saturated heterocycles. The molecule has 0 fully saturated rings. The maximum absolute atomic E-state index is 11.5. The van der Waals surface area contributed by atoms with Gasteiger partial charge in [-0.3, -0.25) is 0 Å². The molecule has 0 aliphatic rings. The van der Waals surface area contributed by atoms with Crippen molar-refractivity contribution in [1.29, 1.82) is 0 Å². The van der Waals surface area contributed by atoms with E-state index in [1.165, 1.54) is 70.6 Å². The fourth-order valence-electron chi connectivity index (χ4n) is 4.01. The standard InChI is InChI=1S/C24H50O4S.K/c1-2-3-4-5-6-12-15-18-21-24(29(26,27)28)22-19-16-13-10-8-7-9-11-14-17-20-23-25;/h24-25H,2-23H2,1H3,(H,26,27,28);/q;+1/p-1. The van der Waals surface area contributed by atoms with Crippen molar-refractivity contribution in [1.82, 2.24) is 0 Å². The molecule has 0 aromatic rings. The molecule has 4 nitrogen and oxygen atoms in total. The van der Waals surface area contributed by atoms with Crippen LogP contribution in [0.3, 0.4) is 0 Å². The van der Waals surface area contributed by atoms with Crippen LogP contribution in [0.4, 0.5) is 0 Å². The predicted octanol–water partition coefficient (Wildman–Crippen LogP) is 4.11. The number of unbranched alkanes of at least 4 members (excludes halogenated alkanes) is 17. The number of rotatable bonds is 23. The normalized spacial score (nSPS) is 12.6. The van der Waals surface area contributed by atoms with Crippen LogP contribution in [0.2, 0.25) is 0 Å². The molecule has 0 bridgehead atoms. The molecular formula is C24H49KO4S. The molecule has 0 rings (SSSR count). The minimum Gasteiger partial charge on any atom is -0.748 e. The molecule has 1 atom stereocenters. The van der Waals surface area contributed by atoms with Crippen LogP contribution in [-0.2, 0) is 10.1 Å². The van der Waals surface area contributed by atoms with Gasteiger partial charge in [-0.15, -0.1) is 0 Å². The van der Waals surface area contributed by atoms with Crippen molar-refractivity contribution < 1.29 is 69.5 Å². The van der Waals surface area contributed by atoms with Crippen molar-refractivity contribution in [2.45, 2.75) is 147 Å². The third-order valence-electron chi connectivity index (χ3n) is 5.97. The van der Waals surface area contributed by atoms with Gasteiger partial charge < -0.3 is 9.66 Å². The summed E-state index contributed by atoms with van der Waals surface area (Å²) in [5.74, 6) is 0. The van der Waals surface area contributed by atoms with E-state index in [0.29, 0.717) is 19.4 Å². The summed E-state index contributed by atoms with van der Waals surface area (Å²) in [6.07, 6.45) is 23.2. The topological polar surface area (TPSA) is 77.4 Å². The third kappa shape index (κ3) is 24.2. The average Bonchev–Trinajstić information content (AvgIpc) is 2.68. The van der Waals surface area contributed by atoms with Crippen LogP contribution in [0, 0.1) is 0 Å². The summed E-state index contributed by atoms with van der Waals surface area (Å²) in [6.45, 7) is 2.53. The fourth-order valence-corrected chi connectivity index (χ4v) is 4.92. The Morgan fingerprint density at radius 2 is 0.900 bits per heavy atom. The summed E-state index contributed by atoms with van der Waals surface area (Å²) >= 11 is 0. The van der Waals surface area contributed by atoms with Crippen molar-refractivity contribution in [3.63, 3.8) is 0 Å². The number of aliphatic hydroxyl groups is 1. The molecule has 176 valence electrons. The Hall–Kier alpha value is 1.51. The summed E-state index contributed by atoms with van der Waals surface area (Å²) < 4.78 is 34.6. The van der Waals surface area contributed by atoms with Crippen molar-refractivity contribution in [3.8, 4) is 0 Å². The second kappa shape index (κ2) is 25.1. The van der Waals surface area contributed by atoms with E-state index >= 15 is 0 Å². The van der Waals surface area contributed by atoms with E-state index in [1.54, 1.807) is 0 Å². The number of hydrogen-bond donors (Lipinski definition) is 1. The summed E-state index contributed by atoms with van der Waals surface area (Å²) in [5.41, 5.74) is 0. The molecule has 0 aromatic heterocycles. The van der Waals surface area contributed by atoms with E-state index in [4.69, 9.17) is 5.11 Å². The van der Waals surface area contributed by atoms with Crippen LogP contribution < -0.4 is 51.4 Å². The van der Waals surface area contributed by atoms with Crippen LogP contribution in [0.5, 0.6) is 0 Å². The second-order valence-electron chi connectivity index (χ2n) is 8.78. The molecule has 0 aromatic carbocycles. The molecule has 1 N–H and O–H groups in total. The van der Waals surface area contributed by atoms with Crippen molar-refractivity contribution in [3.05, 3.63) is 0 Å². The molecule has 30 heavy (non-hydrogen) atoms. The zero-order valence-electron chi connectivity index (χ0n) is 20.2. The molecule has 0 saturated carbocycles. The third-order valence-corrected chi connectivity index (χ3v) is 7.26. The summed E-state index contributed by atoms with van der Waals surface area (Å²) in [6, 6.07) is 0. The molecule has 0 amide bonds. The van der Waals surface area contributed by atoms with Gasteiger partial charge >= 0.3 is 51.4 Å². The van der Waals surface area contributed by atoms with E-state index < -0.39 is 15.4 Å². The molecule has 1 unspecified atom stereocenters. The Kier molecular flexibility index (Phi) is 28.2. The molecule has 0 heterocycles.